The summed E-state index contributed by atoms with van der Waals surface area (Å²) in [4.78, 5) is 36.1. The Morgan fingerprint density at radius 2 is 1.20 bits per heavy atom. The van der Waals surface area contributed by atoms with Crippen LogP contribution >= 0.6 is 34.4 Å². The van der Waals surface area contributed by atoms with Crippen LogP contribution in [0.25, 0.3) is 22.5 Å². The van der Waals surface area contributed by atoms with Crippen LogP contribution in [0.4, 0.5) is 0 Å². The molecule has 0 saturated heterocycles. The van der Waals surface area contributed by atoms with Crippen molar-refractivity contribution >= 4 is 46.4 Å². The molecule has 0 unspecified atom stereocenters. The molecule has 8 nitrogen and oxygen atoms in total. The van der Waals surface area contributed by atoms with E-state index in [1.54, 1.807) is 48.3 Å². The van der Waals surface area contributed by atoms with E-state index in [0.29, 0.717) is 24.7 Å². The van der Waals surface area contributed by atoms with Crippen LogP contribution in [0.3, 0.4) is 0 Å². The van der Waals surface area contributed by atoms with Gasteiger partial charge in [0.05, 0.1) is 24.6 Å². The molecule has 2 heterocycles. The lowest BCUT2D eigenvalue weighted by molar-refractivity contribution is -0.146. The normalized spacial score (nSPS) is 12.9. The lowest BCUT2D eigenvalue weighted by Crippen LogP contribution is -2.16. The van der Waals surface area contributed by atoms with Gasteiger partial charge in [0, 0.05) is 32.0 Å². The molecule has 0 fully saturated rings. The van der Waals surface area contributed by atoms with Gasteiger partial charge in [-0.25, -0.2) is 19.6 Å². The van der Waals surface area contributed by atoms with Gasteiger partial charge in [0.15, 0.2) is 21.9 Å². The lowest BCUT2D eigenvalue weighted by atomic mass is 9.93. The number of carbonyl (C=O) groups excluding carboxylic acids is 2. The fraction of sp³-hybridized carbons (Fsp3) is 0.333. The van der Waals surface area contributed by atoms with E-state index < -0.39 is 0 Å². The Bertz CT molecular complexity index is 1490. The summed E-state index contributed by atoms with van der Waals surface area (Å²) in [6.45, 7) is 4.02. The second-order valence-corrected chi connectivity index (χ2v) is 13.0. The van der Waals surface area contributed by atoms with Crippen molar-refractivity contribution in [2.45, 2.75) is 48.2 Å². The number of aryl methyl sites for hydroxylation is 2. The minimum atomic E-state index is -0.372. The highest BCUT2D eigenvalue weighted by Gasteiger charge is 2.27. The Kier molecular flexibility index (Phi) is 8.27. The summed E-state index contributed by atoms with van der Waals surface area (Å²) in [5.74, 6) is 0.673. The van der Waals surface area contributed by atoms with Gasteiger partial charge in [0.2, 0.25) is 0 Å². The van der Waals surface area contributed by atoms with Gasteiger partial charge in [-0.3, -0.25) is 0 Å². The average Bonchev–Trinajstić information content (AvgIpc) is 3.59. The summed E-state index contributed by atoms with van der Waals surface area (Å²) in [5.41, 5.74) is 6.23. The van der Waals surface area contributed by atoms with Gasteiger partial charge in [0.1, 0.15) is 11.5 Å². The summed E-state index contributed by atoms with van der Waals surface area (Å²) < 4.78 is 23.5. The van der Waals surface area contributed by atoms with Gasteiger partial charge in [-0.2, -0.15) is 0 Å². The lowest BCUT2D eigenvalue weighted by Gasteiger charge is -2.18. The summed E-state index contributed by atoms with van der Waals surface area (Å²) in [6, 6.07) is 11.8. The van der Waals surface area contributed by atoms with Crippen LogP contribution in [-0.2, 0) is 44.7 Å². The molecule has 0 saturated carbocycles. The van der Waals surface area contributed by atoms with E-state index in [1.807, 2.05) is 24.3 Å². The number of benzene rings is 2. The van der Waals surface area contributed by atoms with Crippen LogP contribution in [0.15, 0.2) is 45.1 Å². The first kappa shape index (κ1) is 27.7. The maximum Gasteiger partial charge on any atom is 0.344 e. The van der Waals surface area contributed by atoms with E-state index in [4.69, 9.17) is 28.9 Å². The molecule has 0 radical (unpaired) electrons. The van der Waals surface area contributed by atoms with E-state index in [-0.39, 0.29) is 25.2 Å². The van der Waals surface area contributed by atoms with Crippen molar-refractivity contribution < 1.29 is 28.5 Å². The van der Waals surface area contributed by atoms with Crippen molar-refractivity contribution in [1.29, 1.82) is 0 Å². The molecule has 41 heavy (non-hydrogen) atoms. The monoisotopic (exact) mass is 608 g/mol. The number of hydrogen-bond donors (Lipinski definition) is 0. The van der Waals surface area contributed by atoms with Crippen LogP contribution in [0.5, 0.6) is 11.5 Å². The van der Waals surface area contributed by atoms with E-state index >= 15 is 0 Å². The number of nitrogens with zero attached hydrogens (tertiary/aromatic N) is 2. The summed E-state index contributed by atoms with van der Waals surface area (Å²) in [5, 5.41) is 0. The van der Waals surface area contributed by atoms with Crippen molar-refractivity contribution in [3.8, 4) is 34.0 Å². The SMILES string of the molecule is CCOC(=O)COc1cccc2c1CCc1sc(Sc3nc4c(s3)CCc3c(OCC(=O)OCC)cccc3-4)nc1-2. The number of ether oxygens (including phenoxy) is 4. The minimum Gasteiger partial charge on any atom is -0.482 e. The number of carbonyl (C=O) groups is 2. The fourth-order valence-corrected chi connectivity index (χ4v) is 8.70. The molecule has 212 valence electrons. The summed E-state index contributed by atoms with van der Waals surface area (Å²) in [7, 11) is 0. The number of aromatic nitrogens is 2. The third-order valence-electron chi connectivity index (χ3n) is 6.81. The Morgan fingerprint density at radius 1 is 0.732 bits per heavy atom. The topological polar surface area (TPSA) is 96.8 Å². The van der Waals surface area contributed by atoms with Gasteiger partial charge < -0.3 is 18.9 Å². The molecule has 4 aromatic rings. The van der Waals surface area contributed by atoms with Crippen molar-refractivity contribution in [3.05, 3.63) is 57.3 Å². The zero-order valence-corrected chi connectivity index (χ0v) is 25.1. The first-order valence-electron chi connectivity index (χ1n) is 13.5. The molecular formula is C30H28N2O6S3. The predicted octanol–water partition coefficient (Wildman–Crippen LogP) is 6.17. The molecule has 2 aromatic heterocycles. The Morgan fingerprint density at radius 3 is 1.63 bits per heavy atom. The van der Waals surface area contributed by atoms with Crippen molar-refractivity contribution in [2.24, 2.45) is 0 Å². The van der Waals surface area contributed by atoms with Gasteiger partial charge in [-0.05, 0) is 63.4 Å². The molecule has 2 aliphatic carbocycles. The summed E-state index contributed by atoms with van der Waals surface area (Å²) >= 11 is 5.02. The standard InChI is InChI=1S/C30H28N2O6S3/c1-3-35-25(33)15-37-21-9-5-7-19-17(21)11-13-23-27(19)31-29(39-23)41-30-32-28-20-8-6-10-22(38-16-26(34)36-4-2)18(20)12-14-24(28)40-30/h5-10H,3-4,11-16H2,1-2H3. The molecular weight excluding hydrogens is 581 g/mol. The van der Waals surface area contributed by atoms with Crippen LogP contribution in [0, 0.1) is 0 Å². The highest BCUT2D eigenvalue weighted by atomic mass is 32.2. The Balaban J connectivity index is 1.20. The first-order valence-corrected chi connectivity index (χ1v) is 16.0. The second kappa shape index (κ2) is 12.2. The Labute approximate surface area is 250 Å². The predicted molar refractivity (Wildman–Crippen MR) is 158 cm³/mol. The van der Waals surface area contributed by atoms with E-state index in [0.717, 1.165) is 68.0 Å². The molecule has 2 aromatic carbocycles. The maximum atomic E-state index is 11.8. The van der Waals surface area contributed by atoms with Crippen molar-refractivity contribution in [1.82, 2.24) is 9.97 Å². The van der Waals surface area contributed by atoms with Crippen LogP contribution < -0.4 is 9.47 Å². The number of fused-ring (bicyclic) bond motifs is 6. The quantitative estimate of drug-likeness (QED) is 0.196. The zero-order chi connectivity index (χ0) is 28.3. The molecule has 6 rings (SSSR count). The van der Waals surface area contributed by atoms with Crippen molar-refractivity contribution in [2.75, 3.05) is 26.4 Å². The number of rotatable bonds is 10. The largest absolute Gasteiger partial charge is 0.482 e. The maximum absolute atomic E-state index is 11.8. The van der Waals surface area contributed by atoms with Gasteiger partial charge >= 0.3 is 11.9 Å². The molecule has 0 atom stereocenters. The second-order valence-electron chi connectivity index (χ2n) is 9.36. The first-order chi connectivity index (χ1) is 20.0. The van der Waals surface area contributed by atoms with Crippen LogP contribution in [-0.4, -0.2) is 48.3 Å². The van der Waals surface area contributed by atoms with E-state index in [1.165, 1.54) is 9.75 Å². The fourth-order valence-electron chi connectivity index (χ4n) is 5.10. The highest BCUT2D eigenvalue weighted by Crippen LogP contribution is 2.47. The van der Waals surface area contributed by atoms with Crippen LogP contribution in [0.1, 0.15) is 34.7 Å². The molecule has 0 bridgehead atoms. The molecule has 0 amide bonds. The van der Waals surface area contributed by atoms with Gasteiger partial charge in [-0.1, -0.05) is 24.3 Å². The zero-order valence-electron chi connectivity index (χ0n) is 22.7. The molecule has 2 aliphatic rings. The number of esters is 2. The van der Waals surface area contributed by atoms with Gasteiger partial charge in [0.25, 0.3) is 0 Å². The summed E-state index contributed by atoms with van der Waals surface area (Å²) in [6.07, 6.45) is 3.40. The highest BCUT2D eigenvalue weighted by molar-refractivity contribution is 8.02. The smallest absolute Gasteiger partial charge is 0.344 e. The minimum absolute atomic E-state index is 0.105. The Hall–Kier alpha value is -3.41. The number of hydrogen-bond acceptors (Lipinski definition) is 11. The molecule has 11 heteroatoms. The third kappa shape index (κ3) is 5.84. The van der Waals surface area contributed by atoms with Crippen molar-refractivity contribution in [3.63, 3.8) is 0 Å². The number of thiazole rings is 2. The molecule has 0 aliphatic heterocycles. The molecule has 0 spiro atoms. The van der Waals surface area contributed by atoms with Gasteiger partial charge in [-0.15, -0.1) is 22.7 Å². The van der Waals surface area contributed by atoms with Crippen LogP contribution in [0.2, 0.25) is 0 Å². The molecule has 0 N–H and O–H groups in total. The third-order valence-corrected chi connectivity index (χ3v) is 10.2. The average molecular weight is 609 g/mol. The van der Waals surface area contributed by atoms with E-state index in [9.17, 15) is 9.59 Å². The van der Waals surface area contributed by atoms with E-state index in [2.05, 4.69) is 12.1 Å².